The van der Waals surface area contributed by atoms with E-state index in [0.717, 1.165) is 23.1 Å². The van der Waals surface area contributed by atoms with Gasteiger partial charge in [-0.1, -0.05) is 56.8 Å². The van der Waals surface area contributed by atoms with Gasteiger partial charge in [0.1, 0.15) is 11.6 Å². The van der Waals surface area contributed by atoms with Crippen LogP contribution in [-0.2, 0) is 16.0 Å². The Balaban J connectivity index is 0.00000195. The minimum atomic E-state index is -0.508. The van der Waals surface area contributed by atoms with E-state index in [-0.39, 0.29) is 17.9 Å². The molecule has 2 heterocycles. The van der Waals surface area contributed by atoms with Crippen LogP contribution in [0.15, 0.2) is 54.9 Å². The second-order valence-electron chi connectivity index (χ2n) is 10.0. The van der Waals surface area contributed by atoms with Crippen molar-refractivity contribution < 1.29 is 19.1 Å². The molecule has 2 aliphatic heterocycles. The average molecular weight is 522 g/mol. The number of rotatable bonds is 8. The van der Waals surface area contributed by atoms with Crippen molar-refractivity contribution in [2.45, 2.75) is 59.4 Å². The minimum absolute atomic E-state index is 0.0761. The summed E-state index contributed by atoms with van der Waals surface area (Å²) in [6.45, 7) is 14.5. The van der Waals surface area contributed by atoms with Gasteiger partial charge in [-0.05, 0) is 62.3 Å². The highest BCUT2D eigenvalue weighted by Gasteiger charge is 2.42. The zero-order valence-corrected chi connectivity index (χ0v) is 23.6. The zero-order valence-electron chi connectivity index (χ0n) is 23.6. The lowest BCUT2D eigenvalue weighted by atomic mass is 9.72. The molecule has 2 aromatic carbocycles. The van der Waals surface area contributed by atoms with Gasteiger partial charge in [-0.2, -0.15) is 0 Å². The van der Waals surface area contributed by atoms with Crippen molar-refractivity contribution in [1.29, 1.82) is 0 Å². The second-order valence-corrected chi connectivity index (χ2v) is 10.0. The van der Waals surface area contributed by atoms with Gasteiger partial charge < -0.3 is 25.0 Å². The average Bonchev–Trinajstić information content (AvgIpc) is 3.44. The Morgan fingerprint density at radius 3 is 2.39 bits per heavy atom. The highest BCUT2D eigenvalue weighted by Crippen LogP contribution is 2.37. The van der Waals surface area contributed by atoms with Gasteiger partial charge in [0.25, 0.3) is 5.91 Å². The van der Waals surface area contributed by atoms with Crippen LogP contribution in [0.25, 0.3) is 0 Å². The standard InChI is InChI=1S/C29H37N3O4.C2H6/c1-20-16-21(2)26(35-4)17-25(20)27(33)30-22(3)32-13-11-29(12-14-32,18-23-8-6-5-7-9-23)28(34)31-24-10-15-36-19-24;1-2/h5-9,16-17,24H,3,10-15,18-19H2,1-2,4H3,(H,30,33)(H,31,34);1-2H3. The lowest BCUT2D eigenvalue weighted by Crippen LogP contribution is -2.53. The third-order valence-electron chi connectivity index (χ3n) is 7.48. The fourth-order valence-electron chi connectivity index (χ4n) is 5.24. The van der Waals surface area contributed by atoms with E-state index in [0.29, 0.717) is 62.7 Å². The lowest BCUT2D eigenvalue weighted by Gasteiger charge is -2.42. The third kappa shape index (κ3) is 6.95. The zero-order chi connectivity index (χ0) is 27.7. The van der Waals surface area contributed by atoms with Gasteiger partial charge in [-0.3, -0.25) is 9.59 Å². The van der Waals surface area contributed by atoms with Crippen LogP contribution in [0.5, 0.6) is 5.75 Å². The number of nitrogens with one attached hydrogen (secondary N) is 2. The van der Waals surface area contributed by atoms with E-state index in [9.17, 15) is 9.59 Å². The SMILES string of the molecule is C=C(NC(=O)c1cc(OC)c(C)cc1C)N1CCC(Cc2ccccc2)(C(=O)NC2CCOC2)CC1.CC. The first kappa shape index (κ1) is 29.2. The number of nitrogens with zero attached hydrogens (tertiary/aromatic N) is 1. The molecule has 0 spiro atoms. The number of carbonyl (C=O) groups is 2. The van der Waals surface area contributed by atoms with E-state index < -0.39 is 5.41 Å². The van der Waals surface area contributed by atoms with Crippen molar-refractivity contribution in [3.63, 3.8) is 0 Å². The van der Waals surface area contributed by atoms with Crippen LogP contribution < -0.4 is 15.4 Å². The molecule has 2 saturated heterocycles. The summed E-state index contributed by atoms with van der Waals surface area (Å²) in [6.07, 6.45) is 2.88. The topological polar surface area (TPSA) is 79.9 Å². The van der Waals surface area contributed by atoms with Crippen LogP contribution in [-0.4, -0.2) is 56.2 Å². The Labute approximate surface area is 227 Å². The molecule has 4 rings (SSSR count). The molecule has 1 unspecified atom stereocenters. The summed E-state index contributed by atoms with van der Waals surface area (Å²) in [6, 6.07) is 14.0. The molecule has 38 heavy (non-hydrogen) atoms. The van der Waals surface area contributed by atoms with Crippen LogP contribution in [0.1, 0.15) is 60.2 Å². The number of ether oxygens (including phenoxy) is 2. The second kappa shape index (κ2) is 13.5. The number of carbonyl (C=O) groups excluding carboxylic acids is 2. The molecule has 2 amide bonds. The van der Waals surface area contributed by atoms with Crippen LogP contribution in [0.3, 0.4) is 0 Å². The first-order valence-electron chi connectivity index (χ1n) is 13.6. The Hall–Kier alpha value is -3.32. The molecule has 2 fully saturated rings. The van der Waals surface area contributed by atoms with E-state index in [1.54, 1.807) is 13.2 Å². The van der Waals surface area contributed by atoms with Crippen molar-refractivity contribution in [3.8, 4) is 5.75 Å². The van der Waals surface area contributed by atoms with Crippen molar-refractivity contribution in [2.75, 3.05) is 33.4 Å². The number of likely N-dealkylation sites (tertiary alicyclic amines) is 1. The Morgan fingerprint density at radius 1 is 1.11 bits per heavy atom. The Bertz CT molecular complexity index is 1100. The van der Waals surface area contributed by atoms with Crippen LogP contribution in [0, 0.1) is 19.3 Å². The maximum absolute atomic E-state index is 13.6. The van der Waals surface area contributed by atoms with Gasteiger partial charge in [0.2, 0.25) is 5.91 Å². The van der Waals surface area contributed by atoms with Crippen LogP contribution >= 0.6 is 0 Å². The molecule has 0 saturated carbocycles. The van der Waals surface area contributed by atoms with Crippen LogP contribution in [0.4, 0.5) is 0 Å². The Morgan fingerprint density at radius 2 is 1.79 bits per heavy atom. The molecule has 2 N–H and O–H groups in total. The summed E-state index contributed by atoms with van der Waals surface area (Å²) in [5.74, 6) is 1.12. The van der Waals surface area contributed by atoms with Gasteiger partial charge in [0.05, 0.1) is 25.2 Å². The maximum atomic E-state index is 13.6. The number of benzene rings is 2. The van der Waals surface area contributed by atoms with E-state index in [1.807, 2.05) is 52.0 Å². The quantitative estimate of drug-likeness (QED) is 0.523. The molecule has 7 nitrogen and oxygen atoms in total. The summed E-state index contributed by atoms with van der Waals surface area (Å²) in [5.41, 5.74) is 3.07. The fraction of sp³-hybridized carbons (Fsp3) is 0.484. The molecule has 2 aliphatic rings. The van der Waals surface area contributed by atoms with Gasteiger partial charge in [0.15, 0.2) is 0 Å². The molecule has 0 bridgehead atoms. The molecular formula is C31H43N3O4. The van der Waals surface area contributed by atoms with Crippen molar-refractivity contribution >= 4 is 11.8 Å². The molecule has 0 aliphatic carbocycles. The summed E-state index contributed by atoms with van der Waals surface area (Å²) in [4.78, 5) is 28.7. The number of methoxy groups -OCH3 is 1. The molecular weight excluding hydrogens is 478 g/mol. The van der Waals surface area contributed by atoms with Crippen molar-refractivity contribution in [3.05, 3.63) is 77.1 Å². The predicted molar refractivity (Wildman–Crippen MR) is 151 cm³/mol. The fourth-order valence-corrected chi connectivity index (χ4v) is 5.24. The summed E-state index contributed by atoms with van der Waals surface area (Å²) < 4.78 is 10.9. The maximum Gasteiger partial charge on any atom is 0.257 e. The minimum Gasteiger partial charge on any atom is -0.496 e. The molecule has 7 heteroatoms. The van der Waals surface area contributed by atoms with Gasteiger partial charge >= 0.3 is 0 Å². The molecule has 2 aromatic rings. The van der Waals surface area contributed by atoms with Gasteiger partial charge in [-0.25, -0.2) is 0 Å². The number of hydrogen-bond donors (Lipinski definition) is 2. The highest BCUT2D eigenvalue weighted by atomic mass is 16.5. The lowest BCUT2D eigenvalue weighted by molar-refractivity contribution is -0.134. The molecule has 0 radical (unpaired) electrons. The van der Waals surface area contributed by atoms with Gasteiger partial charge in [-0.15, -0.1) is 0 Å². The van der Waals surface area contributed by atoms with E-state index in [1.165, 1.54) is 0 Å². The highest BCUT2D eigenvalue weighted by molar-refractivity contribution is 5.97. The van der Waals surface area contributed by atoms with E-state index in [4.69, 9.17) is 9.47 Å². The number of hydrogen-bond acceptors (Lipinski definition) is 5. The number of aryl methyl sites for hydroxylation is 2. The summed E-state index contributed by atoms with van der Waals surface area (Å²) >= 11 is 0. The molecule has 0 aromatic heterocycles. The largest absolute Gasteiger partial charge is 0.496 e. The summed E-state index contributed by atoms with van der Waals surface area (Å²) in [5, 5.41) is 6.20. The molecule has 1 atom stereocenters. The third-order valence-corrected chi connectivity index (χ3v) is 7.48. The number of piperidine rings is 1. The normalized spacial score (nSPS) is 18.1. The monoisotopic (exact) mass is 521 g/mol. The Kier molecular flexibility index (Phi) is 10.4. The molecule has 206 valence electrons. The first-order valence-corrected chi connectivity index (χ1v) is 13.6. The summed E-state index contributed by atoms with van der Waals surface area (Å²) in [7, 11) is 1.60. The smallest absolute Gasteiger partial charge is 0.257 e. The van der Waals surface area contributed by atoms with Crippen molar-refractivity contribution in [1.82, 2.24) is 15.5 Å². The van der Waals surface area contributed by atoms with E-state index >= 15 is 0 Å². The van der Waals surface area contributed by atoms with Crippen LogP contribution in [0.2, 0.25) is 0 Å². The predicted octanol–water partition coefficient (Wildman–Crippen LogP) is 4.77. The van der Waals surface area contributed by atoms with E-state index in [2.05, 4.69) is 34.2 Å². The van der Waals surface area contributed by atoms with Gasteiger partial charge in [0, 0.05) is 25.3 Å². The van der Waals surface area contributed by atoms with Crippen molar-refractivity contribution in [2.24, 2.45) is 5.41 Å². The number of amides is 2. The first-order chi connectivity index (χ1) is 18.3.